The molecule has 0 spiro atoms. The largest absolute Gasteiger partial charge is 0.505 e. The van der Waals surface area contributed by atoms with E-state index in [0.717, 1.165) is 17.8 Å². The van der Waals surface area contributed by atoms with Gasteiger partial charge in [-0.2, -0.15) is 0 Å². The number of anilines is 2. The van der Waals surface area contributed by atoms with E-state index in [9.17, 15) is 13.9 Å². The van der Waals surface area contributed by atoms with Gasteiger partial charge < -0.3 is 15.3 Å². The molecule has 0 radical (unpaired) electrons. The van der Waals surface area contributed by atoms with Crippen molar-refractivity contribution in [1.82, 2.24) is 9.97 Å². The molecule has 2 N–H and O–H groups in total. The van der Waals surface area contributed by atoms with Crippen LogP contribution >= 0.6 is 0 Å². The van der Waals surface area contributed by atoms with Crippen LogP contribution in [0.2, 0.25) is 0 Å². The van der Waals surface area contributed by atoms with Crippen LogP contribution in [-0.4, -0.2) is 28.2 Å². The van der Waals surface area contributed by atoms with Gasteiger partial charge in [0.15, 0.2) is 23.2 Å². The quantitative estimate of drug-likeness (QED) is 0.893. The van der Waals surface area contributed by atoms with Crippen LogP contribution in [0.3, 0.4) is 0 Å². The Labute approximate surface area is 126 Å². The molecule has 1 aromatic carbocycles. The molecule has 0 fully saturated rings. The molecule has 2 heterocycles. The average Bonchev–Trinajstić information content (AvgIpc) is 2.50. The highest BCUT2D eigenvalue weighted by atomic mass is 19.1. The van der Waals surface area contributed by atoms with Gasteiger partial charge in [-0.15, -0.1) is 0 Å². The average molecular weight is 306 g/mol. The topological polar surface area (TPSA) is 61.3 Å². The first-order chi connectivity index (χ1) is 10.5. The zero-order valence-corrected chi connectivity index (χ0v) is 12.3. The molecule has 0 bridgehead atoms. The second-order valence-corrected chi connectivity index (χ2v) is 5.27. The van der Waals surface area contributed by atoms with Crippen LogP contribution in [0.5, 0.6) is 5.75 Å². The normalized spacial score (nSPS) is 15.2. The summed E-state index contributed by atoms with van der Waals surface area (Å²) in [4.78, 5) is 10.5. The zero-order chi connectivity index (χ0) is 15.9. The van der Waals surface area contributed by atoms with Crippen LogP contribution in [0.4, 0.5) is 20.4 Å². The van der Waals surface area contributed by atoms with Gasteiger partial charge in [0, 0.05) is 13.1 Å². The molecule has 2 aromatic rings. The number of hydrogen-bond acceptors (Lipinski definition) is 5. The number of phenolic OH excluding ortho intramolecular Hbond substituents is 1. The van der Waals surface area contributed by atoms with E-state index in [4.69, 9.17) is 0 Å². The maximum Gasteiger partial charge on any atom is 0.172 e. The molecule has 0 aliphatic carbocycles. The standard InChI is InChI=1S/C15H16F2N4O/c1-8-7-19-14-15(20-8)21(6-5-18-14)9(2)12-10(16)3-4-11(17)13(12)22/h3-4,7,9,22H,5-6H2,1-2H3,(H,18,19). The fourth-order valence-corrected chi connectivity index (χ4v) is 2.68. The van der Waals surface area contributed by atoms with Crippen LogP contribution in [0.1, 0.15) is 24.2 Å². The van der Waals surface area contributed by atoms with Crippen molar-refractivity contribution < 1.29 is 13.9 Å². The summed E-state index contributed by atoms with van der Waals surface area (Å²) in [6.45, 7) is 4.66. The number of aryl methyl sites for hydroxylation is 1. The van der Waals surface area contributed by atoms with Crippen molar-refractivity contribution in [2.75, 3.05) is 23.3 Å². The van der Waals surface area contributed by atoms with Crippen molar-refractivity contribution in [3.8, 4) is 5.75 Å². The van der Waals surface area contributed by atoms with Gasteiger partial charge in [-0.25, -0.2) is 18.7 Å². The van der Waals surface area contributed by atoms with Crippen molar-refractivity contribution in [3.05, 3.63) is 41.2 Å². The molecule has 1 aliphatic heterocycles. The molecule has 1 aromatic heterocycles. The molecule has 1 atom stereocenters. The molecular formula is C15H16F2N4O. The van der Waals surface area contributed by atoms with Crippen LogP contribution in [0, 0.1) is 18.6 Å². The SMILES string of the molecule is Cc1cnc2c(n1)N(C(C)c1c(F)ccc(F)c1O)CCN2. The first-order valence-electron chi connectivity index (χ1n) is 7.00. The van der Waals surface area contributed by atoms with Crippen LogP contribution in [-0.2, 0) is 0 Å². The molecular weight excluding hydrogens is 290 g/mol. The predicted molar refractivity (Wildman–Crippen MR) is 79.0 cm³/mol. The van der Waals surface area contributed by atoms with E-state index in [1.165, 1.54) is 0 Å². The Hall–Kier alpha value is -2.44. The van der Waals surface area contributed by atoms with E-state index < -0.39 is 23.4 Å². The van der Waals surface area contributed by atoms with E-state index in [1.54, 1.807) is 13.1 Å². The van der Waals surface area contributed by atoms with Gasteiger partial charge in [0.1, 0.15) is 5.82 Å². The number of phenols is 1. The molecule has 116 valence electrons. The Morgan fingerprint density at radius 2 is 2.05 bits per heavy atom. The summed E-state index contributed by atoms with van der Waals surface area (Å²) in [7, 11) is 0. The lowest BCUT2D eigenvalue weighted by Gasteiger charge is -2.35. The van der Waals surface area contributed by atoms with Gasteiger partial charge in [0.05, 0.1) is 23.5 Å². The Kier molecular flexibility index (Phi) is 3.56. The number of nitrogens with zero attached hydrogens (tertiary/aromatic N) is 3. The number of fused-ring (bicyclic) bond motifs is 1. The van der Waals surface area contributed by atoms with E-state index in [-0.39, 0.29) is 5.56 Å². The molecule has 0 amide bonds. The molecule has 3 rings (SSSR count). The Balaban J connectivity index is 2.06. The minimum atomic E-state index is -0.839. The number of halogens is 2. The summed E-state index contributed by atoms with van der Waals surface area (Å²) < 4.78 is 27.7. The molecule has 0 saturated heterocycles. The predicted octanol–water partition coefficient (Wildman–Crippen LogP) is 2.76. The lowest BCUT2D eigenvalue weighted by molar-refractivity contribution is 0.409. The van der Waals surface area contributed by atoms with Gasteiger partial charge in [-0.05, 0) is 26.0 Å². The number of nitrogens with one attached hydrogen (secondary N) is 1. The second kappa shape index (κ2) is 5.40. The molecule has 7 heteroatoms. The van der Waals surface area contributed by atoms with E-state index in [1.807, 2.05) is 11.8 Å². The molecule has 0 saturated carbocycles. The molecule has 22 heavy (non-hydrogen) atoms. The zero-order valence-electron chi connectivity index (χ0n) is 12.3. The maximum atomic E-state index is 14.1. The first-order valence-corrected chi connectivity index (χ1v) is 7.00. The fraction of sp³-hybridized carbons (Fsp3) is 0.333. The van der Waals surface area contributed by atoms with Crippen molar-refractivity contribution >= 4 is 11.6 Å². The highest BCUT2D eigenvalue weighted by molar-refractivity contribution is 5.64. The summed E-state index contributed by atoms with van der Waals surface area (Å²) in [5.41, 5.74) is 0.653. The van der Waals surface area contributed by atoms with Crippen molar-refractivity contribution in [3.63, 3.8) is 0 Å². The van der Waals surface area contributed by atoms with Gasteiger partial charge in [-0.3, -0.25) is 0 Å². The van der Waals surface area contributed by atoms with Crippen LogP contribution in [0.15, 0.2) is 18.3 Å². The summed E-state index contributed by atoms with van der Waals surface area (Å²) in [5.74, 6) is -0.976. The summed E-state index contributed by atoms with van der Waals surface area (Å²) in [5, 5.41) is 13.0. The lowest BCUT2D eigenvalue weighted by atomic mass is 10.0. The minimum Gasteiger partial charge on any atom is -0.505 e. The van der Waals surface area contributed by atoms with Crippen molar-refractivity contribution in [2.24, 2.45) is 0 Å². The summed E-state index contributed by atoms with van der Waals surface area (Å²) in [6, 6.07) is 1.36. The summed E-state index contributed by atoms with van der Waals surface area (Å²) in [6.07, 6.45) is 1.64. The Morgan fingerprint density at radius 1 is 1.32 bits per heavy atom. The van der Waals surface area contributed by atoms with Gasteiger partial charge in [0.2, 0.25) is 0 Å². The number of benzene rings is 1. The lowest BCUT2D eigenvalue weighted by Crippen LogP contribution is -2.37. The third kappa shape index (κ3) is 2.32. The van der Waals surface area contributed by atoms with Crippen LogP contribution < -0.4 is 10.2 Å². The fourth-order valence-electron chi connectivity index (χ4n) is 2.68. The van der Waals surface area contributed by atoms with Gasteiger partial charge in [0.25, 0.3) is 0 Å². The van der Waals surface area contributed by atoms with E-state index >= 15 is 0 Å². The minimum absolute atomic E-state index is 0.0730. The number of hydrogen-bond donors (Lipinski definition) is 2. The highest BCUT2D eigenvalue weighted by Crippen LogP contribution is 2.37. The highest BCUT2D eigenvalue weighted by Gasteiger charge is 2.29. The van der Waals surface area contributed by atoms with Crippen molar-refractivity contribution in [1.29, 1.82) is 0 Å². The van der Waals surface area contributed by atoms with Crippen LogP contribution in [0.25, 0.3) is 0 Å². The third-order valence-corrected chi connectivity index (χ3v) is 3.79. The second-order valence-electron chi connectivity index (χ2n) is 5.27. The van der Waals surface area contributed by atoms with Crippen molar-refractivity contribution in [2.45, 2.75) is 19.9 Å². The Bertz CT molecular complexity index is 723. The number of aromatic nitrogens is 2. The molecule has 1 aliphatic rings. The molecule has 5 nitrogen and oxygen atoms in total. The number of rotatable bonds is 2. The monoisotopic (exact) mass is 306 g/mol. The first kappa shape index (κ1) is 14.5. The third-order valence-electron chi connectivity index (χ3n) is 3.79. The van der Waals surface area contributed by atoms with Gasteiger partial charge in [-0.1, -0.05) is 0 Å². The molecule has 1 unspecified atom stereocenters. The smallest absolute Gasteiger partial charge is 0.172 e. The summed E-state index contributed by atoms with van der Waals surface area (Å²) >= 11 is 0. The van der Waals surface area contributed by atoms with E-state index in [0.29, 0.717) is 24.7 Å². The Morgan fingerprint density at radius 3 is 2.82 bits per heavy atom. The van der Waals surface area contributed by atoms with E-state index in [2.05, 4.69) is 15.3 Å². The van der Waals surface area contributed by atoms with Gasteiger partial charge >= 0.3 is 0 Å². The maximum absolute atomic E-state index is 14.1. The number of aromatic hydroxyl groups is 1.